The number of sulfonamides is 1. The highest BCUT2D eigenvalue weighted by atomic mass is 32.2. The van der Waals surface area contributed by atoms with Gasteiger partial charge in [-0.2, -0.15) is 0 Å². The molecule has 0 fully saturated rings. The molecule has 162 valence electrons. The fraction of sp³-hybridized carbons (Fsp3) is 0.208. The maximum atomic E-state index is 13.3. The van der Waals surface area contributed by atoms with Gasteiger partial charge in [-0.1, -0.05) is 48.0 Å². The number of hydrogen-bond donors (Lipinski definition) is 1. The zero-order valence-corrected chi connectivity index (χ0v) is 18.6. The van der Waals surface area contributed by atoms with Crippen LogP contribution in [0, 0.1) is 12.1 Å². The summed E-state index contributed by atoms with van der Waals surface area (Å²) >= 11 is 0. The molecule has 3 rings (SSSR count). The van der Waals surface area contributed by atoms with E-state index >= 15 is 0 Å². The van der Waals surface area contributed by atoms with Crippen LogP contribution in [0.3, 0.4) is 0 Å². The molecule has 0 heterocycles. The largest absolute Gasteiger partial charge is 0.623 e. The molecule has 1 unspecified atom stereocenters. The van der Waals surface area contributed by atoms with Crippen LogP contribution in [0.25, 0.3) is 0 Å². The molecule has 3 aromatic carbocycles. The van der Waals surface area contributed by atoms with E-state index in [1.807, 2.05) is 37.3 Å². The summed E-state index contributed by atoms with van der Waals surface area (Å²) in [5, 5.41) is 13.3. The second-order valence-electron chi connectivity index (χ2n) is 7.23. The van der Waals surface area contributed by atoms with Crippen LogP contribution in [0.2, 0.25) is 0 Å². The van der Waals surface area contributed by atoms with Gasteiger partial charge in [0, 0.05) is 18.1 Å². The summed E-state index contributed by atoms with van der Waals surface area (Å²) in [6, 6.07) is 22.2. The van der Waals surface area contributed by atoms with E-state index in [0.717, 1.165) is 15.9 Å². The Morgan fingerprint density at radius 1 is 1.03 bits per heavy atom. The Morgan fingerprint density at radius 3 is 2.35 bits per heavy atom. The Labute approximate surface area is 183 Å². The van der Waals surface area contributed by atoms with Crippen molar-refractivity contribution >= 4 is 15.7 Å². The van der Waals surface area contributed by atoms with Crippen molar-refractivity contribution in [3.63, 3.8) is 0 Å². The minimum absolute atomic E-state index is 0.100. The average molecular weight is 439 g/mol. The number of hydroxylamine groups is 1. The molecule has 1 atom stereocenters. The first-order valence-corrected chi connectivity index (χ1v) is 11.4. The lowest BCUT2D eigenvalue weighted by Crippen LogP contribution is -2.34. The first kappa shape index (κ1) is 22.5. The van der Waals surface area contributed by atoms with Crippen molar-refractivity contribution in [3.05, 3.63) is 101 Å². The number of ether oxygens (including phenoxy) is 1. The average Bonchev–Trinajstić information content (AvgIpc) is 2.79. The van der Waals surface area contributed by atoms with Crippen LogP contribution in [0.5, 0.6) is 5.75 Å². The molecule has 0 radical (unpaired) electrons. The highest BCUT2D eigenvalue weighted by Crippen LogP contribution is 2.23. The Hall–Kier alpha value is -3.16. The summed E-state index contributed by atoms with van der Waals surface area (Å²) in [5.74, 6) is 0.592. The van der Waals surface area contributed by atoms with Gasteiger partial charge < -0.3 is 9.94 Å². The molecule has 6 nitrogen and oxygen atoms in total. The number of nitrogens with zero attached hydrogens (tertiary/aromatic N) is 1. The minimum Gasteiger partial charge on any atom is -0.623 e. The van der Waals surface area contributed by atoms with Crippen molar-refractivity contribution in [3.8, 4) is 5.75 Å². The number of aryl methyl sites for hydroxylation is 1. The zero-order valence-electron chi connectivity index (χ0n) is 17.8. The predicted octanol–water partition coefficient (Wildman–Crippen LogP) is 4.04. The zero-order chi connectivity index (χ0) is 22.4. The van der Waals surface area contributed by atoms with Crippen molar-refractivity contribution < 1.29 is 17.9 Å². The van der Waals surface area contributed by atoms with E-state index in [1.54, 1.807) is 62.6 Å². The highest BCUT2D eigenvalue weighted by molar-refractivity contribution is 7.89. The Kier molecular flexibility index (Phi) is 7.09. The van der Waals surface area contributed by atoms with E-state index in [4.69, 9.17) is 4.74 Å². The third-order valence-corrected chi connectivity index (χ3v) is 6.52. The van der Waals surface area contributed by atoms with Gasteiger partial charge in [0.1, 0.15) is 5.75 Å². The highest BCUT2D eigenvalue weighted by Gasteiger charge is 2.25. The maximum Gasteiger partial charge on any atom is 0.240 e. The first-order chi connectivity index (χ1) is 14.8. The Balaban J connectivity index is 1.97. The van der Waals surface area contributed by atoms with E-state index in [-0.39, 0.29) is 11.4 Å². The van der Waals surface area contributed by atoms with Crippen LogP contribution in [0.15, 0.2) is 83.8 Å². The number of methoxy groups -OCH3 is 1. The second kappa shape index (κ2) is 9.76. The van der Waals surface area contributed by atoms with Gasteiger partial charge in [0.05, 0.1) is 18.6 Å². The molecule has 0 saturated carbocycles. The fourth-order valence-electron chi connectivity index (χ4n) is 3.21. The van der Waals surface area contributed by atoms with Gasteiger partial charge >= 0.3 is 0 Å². The standard InChI is InChI=1S/C24H26N2O4S/c1-18-12-14-23(15-13-18)31(28,29)25-17-24(21-10-7-11-22(16-21)30-3)26(27)19(2)20-8-5-4-6-9-20/h4-16,24-25H,17H2,1-3H3/b26-19-. The minimum atomic E-state index is -3.78. The lowest BCUT2D eigenvalue weighted by atomic mass is 10.1. The predicted molar refractivity (Wildman–Crippen MR) is 122 cm³/mol. The van der Waals surface area contributed by atoms with Crippen LogP contribution < -0.4 is 9.46 Å². The molecule has 0 aliphatic heterocycles. The summed E-state index contributed by atoms with van der Waals surface area (Å²) in [7, 11) is -2.23. The Bertz CT molecular complexity index is 1160. The van der Waals surface area contributed by atoms with Gasteiger partial charge in [0.2, 0.25) is 16.1 Å². The van der Waals surface area contributed by atoms with Gasteiger partial charge in [-0.25, -0.2) is 17.9 Å². The smallest absolute Gasteiger partial charge is 0.240 e. The Morgan fingerprint density at radius 2 is 1.71 bits per heavy atom. The molecule has 0 aromatic heterocycles. The number of benzene rings is 3. The summed E-state index contributed by atoms with van der Waals surface area (Å²) in [4.78, 5) is 0.156. The molecule has 3 aromatic rings. The van der Waals surface area contributed by atoms with Crippen molar-refractivity contribution in [2.24, 2.45) is 0 Å². The van der Waals surface area contributed by atoms with Crippen LogP contribution >= 0.6 is 0 Å². The van der Waals surface area contributed by atoms with Crippen molar-refractivity contribution in [2.45, 2.75) is 24.8 Å². The maximum absolute atomic E-state index is 13.3. The number of hydrogen-bond acceptors (Lipinski definition) is 4. The molecule has 1 N–H and O–H groups in total. The van der Waals surface area contributed by atoms with E-state index in [9.17, 15) is 13.6 Å². The fourth-order valence-corrected chi connectivity index (χ4v) is 4.25. The van der Waals surface area contributed by atoms with E-state index in [1.165, 1.54) is 0 Å². The van der Waals surface area contributed by atoms with Crippen LogP contribution in [0.4, 0.5) is 0 Å². The lowest BCUT2D eigenvalue weighted by Gasteiger charge is -2.21. The van der Waals surface area contributed by atoms with E-state index in [0.29, 0.717) is 17.0 Å². The molecule has 0 aliphatic rings. The second-order valence-corrected chi connectivity index (χ2v) is 9.00. The summed E-state index contributed by atoms with van der Waals surface area (Å²) < 4.78 is 34.3. The van der Waals surface area contributed by atoms with Crippen molar-refractivity contribution in [1.82, 2.24) is 4.72 Å². The van der Waals surface area contributed by atoms with Gasteiger partial charge in [-0.05, 0) is 43.3 Å². The normalized spacial score (nSPS) is 13.4. The molecule has 0 amide bonds. The van der Waals surface area contributed by atoms with Crippen molar-refractivity contribution in [2.75, 3.05) is 13.7 Å². The molecular weight excluding hydrogens is 412 g/mol. The van der Waals surface area contributed by atoms with Crippen LogP contribution in [-0.2, 0) is 10.0 Å². The number of nitrogens with one attached hydrogen (secondary N) is 1. The molecular formula is C24H26N2O4S. The van der Waals surface area contributed by atoms with Crippen LogP contribution in [0.1, 0.15) is 29.7 Å². The number of rotatable bonds is 8. The molecule has 0 bridgehead atoms. The van der Waals surface area contributed by atoms with Gasteiger partial charge in [-0.15, -0.1) is 0 Å². The molecule has 7 heteroatoms. The van der Waals surface area contributed by atoms with Gasteiger partial charge in [-0.3, -0.25) is 0 Å². The first-order valence-electron chi connectivity index (χ1n) is 9.87. The molecule has 31 heavy (non-hydrogen) atoms. The SMILES string of the molecule is COc1cccc(C(CNS(=O)(=O)c2ccc(C)cc2)/[N+]([O-])=C(\C)c2ccccc2)c1. The summed E-state index contributed by atoms with van der Waals surface area (Å²) in [6.07, 6.45) is 0. The monoisotopic (exact) mass is 438 g/mol. The lowest BCUT2D eigenvalue weighted by molar-refractivity contribution is -0.505. The third-order valence-electron chi connectivity index (χ3n) is 5.08. The molecule has 0 spiro atoms. The topological polar surface area (TPSA) is 81.5 Å². The van der Waals surface area contributed by atoms with Crippen LogP contribution in [-0.4, -0.2) is 32.5 Å². The quantitative estimate of drug-likeness (QED) is 0.249. The van der Waals surface area contributed by atoms with Crippen molar-refractivity contribution in [1.29, 1.82) is 0 Å². The molecule has 0 saturated heterocycles. The summed E-state index contributed by atoms with van der Waals surface area (Å²) in [6.45, 7) is 3.52. The third kappa shape index (κ3) is 5.51. The van der Waals surface area contributed by atoms with Gasteiger partial charge in [0.15, 0.2) is 5.71 Å². The van der Waals surface area contributed by atoms with Gasteiger partial charge in [0.25, 0.3) is 0 Å². The summed E-state index contributed by atoms with van der Waals surface area (Å²) in [5.41, 5.74) is 2.87. The van der Waals surface area contributed by atoms with E-state index < -0.39 is 16.1 Å². The van der Waals surface area contributed by atoms with E-state index in [2.05, 4.69) is 4.72 Å². The molecule has 0 aliphatic carbocycles.